The maximum Gasteiger partial charge on any atom is 0.141 e. The number of nitrogens with zero attached hydrogens (tertiary/aromatic N) is 3. The molecule has 106 valence electrons. The maximum absolute atomic E-state index is 12.9. The van der Waals surface area contributed by atoms with E-state index in [0.29, 0.717) is 5.69 Å². The van der Waals surface area contributed by atoms with E-state index in [0.717, 1.165) is 31.7 Å². The first kappa shape index (κ1) is 13.2. The molecule has 0 radical (unpaired) electrons. The molecule has 0 N–H and O–H groups in total. The van der Waals surface area contributed by atoms with Crippen molar-refractivity contribution >= 4 is 0 Å². The van der Waals surface area contributed by atoms with Crippen LogP contribution in [0.15, 0.2) is 24.4 Å². The molecule has 1 unspecified atom stereocenters. The molecule has 4 nitrogen and oxygen atoms in total. The summed E-state index contributed by atoms with van der Waals surface area (Å²) < 4.78 is 20.3. The minimum absolute atomic E-state index is 0.126. The zero-order valence-corrected chi connectivity index (χ0v) is 11.8. The van der Waals surface area contributed by atoms with Crippen molar-refractivity contribution in [3.8, 4) is 11.4 Å². The van der Waals surface area contributed by atoms with Crippen molar-refractivity contribution in [1.82, 2.24) is 14.8 Å². The SMILES string of the molecule is COCC1(C)CCc2cc(-c3ccc(F)cn3)nn2C1. The van der Waals surface area contributed by atoms with E-state index in [1.165, 1.54) is 18.0 Å². The smallest absolute Gasteiger partial charge is 0.141 e. The predicted octanol–water partition coefficient (Wildman–Crippen LogP) is 2.68. The number of methoxy groups -OCH3 is 1. The van der Waals surface area contributed by atoms with E-state index in [4.69, 9.17) is 4.74 Å². The van der Waals surface area contributed by atoms with Crippen LogP contribution in [0, 0.1) is 11.2 Å². The van der Waals surface area contributed by atoms with Crippen LogP contribution in [0.3, 0.4) is 0 Å². The highest BCUT2D eigenvalue weighted by Gasteiger charge is 2.31. The molecule has 2 aromatic heterocycles. The molecule has 0 bridgehead atoms. The highest BCUT2D eigenvalue weighted by Crippen LogP contribution is 2.32. The summed E-state index contributed by atoms with van der Waals surface area (Å²) in [5.41, 5.74) is 2.85. The predicted molar refractivity (Wildman–Crippen MR) is 73.7 cm³/mol. The molecule has 2 aromatic rings. The van der Waals surface area contributed by atoms with Crippen molar-refractivity contribution in [3.63, 3.8) is 0 Å². The van der Waals surface area contributed by atoms with Gasteiger partial charge in [-0.15, -0.1) is 0 Å². The average molecular weight is 275 g/mol. The highest BCUT2D eigenvalue weighted by atomic mass is 19.1. The zero-order chi connectivity index (χ0) is 14.2. The lowest BCUT2D eigenvalue weighted by molar-refractivity contribution is 0.0595. The monoisotopic (exact) mass is 275 g/mol. The Morgan fingerprint density at radius 1 is 1.40 bits per heavy atom. The molecule has 0 aromatic carbocycles. The van der Waals surface area contributed by atoms with E-state index in [2.05, 4.69) is 17.0 Å². The summed E-state index contributed by atoms with van der Waals surface area (Å²) in [6.45, 7) is 3.80. The molecular formula is C15H18FN3O. The van der Waals surface area contributed by atoms with Gasteiger partial charge in [0.05, 0.1) is 18.5 Å². The summed E-state index contributed by atoms with van der Waals surface area (Å²) in [6.07, 6.45) is 3.29. The second-order valence-corrected chi connectivity index (χ2v) is 5.78. The number of aromatic nitrogens is 3. The molecule has 0 saturated carbocycles. The number of hydrogen-bond donors (Lipinski definition) is 0. The quantitative estimate of drug-likeness (QED) is 0.864. The second-order valence-electron chi connectivity index (χ2n) is 5.78. The Balaban J connectivity index is 1.88. The van der Waals surface area contributed by atoms with E-state index >= 15 is 0 Å². The summed E-state index contributed by atoms with van der Waals surface area (Å²) in [7, 11) is 1.73. The van der Waals surface area contributed by atoms with Crippen molar-refractivity contribution in [2.45, 2.75) is 26.3 Å². The first-order chi connectivity index (χ1) is 9.59. The number of rotatable bonds is 3. The first-order valence-corrected chi connectivity index (χ1v) is 6.77. The van der Waals surface area contributed by atoms with Gasteiger partial charge >= 0.3 is 0 Å². The summed E-state index contributed by atoms with van der Waals surface area (Å²) >= 11 is 0. The third kappa shape index (κ3) is 2.45. The number of hydrogen-bond acceptors (Lipinski definition) is 3. The molecule has 1 aliphatic rings. The van der Waals surface area contributed by atoms with Gasteiger partial charge in [0.15, 0.2) is 0 Å². The lowest BCUT2D eigenvalue weighted by atomic mass is 9.83. The fourth-order valence-corrected chi connectivity index (χ4v) is 2.78. The molecule has 1 aliphatic heterocycles. The Hall–Kier alpha value is -1.75. The van der Waals surface area contributed by atoms with Crippen molar-refractivity contribution in [2.24, 2.45) is 5.41 Å². The summed E-state index contributed by atoms with van der Waals surface area (Å²) in [4.78, 5) is 4.09. The van der Waals surface area contributed by atoms with Crippen LogP contribution in [0.4, 0.5) is 4.39 Å². The molecule has 0 aliphatic carbocycles. The lowest BCUT2D eigenvalue weighted by Gasteiger charge is -2.33. The normalized spacial score (nSPS) is 21.8. The summed E-state index contributed by atoms with van der Waals surface area (Å²) in [5.74, 6) is -0.328. The van der Waals surface area contributed by atoms with Crippen LogP contribution in [0.2, 0.25) is 0 Å². The molecule has 0 fully saturated rings. The Morgan fingerprint density at radius 3 is 2.95 bits per heavy atom. The minimum Gasteiger partial charge on any atom is -0.384 e. The molecule has 5 heteroatoms. The van der Waals surface area contributed by atoms with Gasteiger partial charge in [0, 0.05) is 24.8 Å². The fourth-order valence-electron chi connectivity index (χ4n) is 2.78. The summed E-state index contributed by atoms with van der Waals surface area (Å²) in [5, 5.41) is 4.60. The molecular weight excluding hydrogens is 257 g/mol. The Kier molecular flexibility index (Phi) is 3.30. The number of fused-ring (bicyclic) bond motifs is 1. The van der Waals surface area contributed by atoms with E-state index in [9.17, 15) is 4.39 Å². The van der Waals surface area contributed by atoms with Gasteiger partial charge in [-0.1, -0.05) is 6.92 Å². The van der Waals surface area contributed by atoms with Crippen molar-refractivity contribution < 1.29 is 9.13 Å². The Morgan fingerprint density at radius 2 is 2.25 bits per heavy atom. The molecule has 3 rings (SSSR count). The number of ether oxygens (including phenoxy) is 1. The molecule has 20 heavy (non-hydrogen) atoms. The van der Waals surface area contributed by atoms with Crippen LogP contribution in [-0.2, 0) is 17.7 Å². The number of aryl methyl sites for hydroxylation is 1. The van der Waals surface area contributed by atoms with Gasteiger partial charge in [0.25, 0.3) is 0 Å². The first-order valence-electron chi connectivity index (χ1n) is 6.77. The van der Waals surface area contributed by atoms with Gasteiger partial charge in [-0.05, 0) is 31.0 Å². The Bertz CT molecular complexity index is 608. The van der Waals surface area contributed by atoms with Crippen LogP contribution < -0.4 is 0 Å². The van der Waals surface area contributed by atoms with Gasteiger partial charge in [0.2, 0.25) is 0 Å². The molecule has 0 saturated heterocycles. The maximum atomic E-state index is 12.9. The van der Waals surface area contributed by atoms with Crippen LogP contribution in [0.1, 0.15) is 19.0 Å². The largest absolute Gasteiger partial charge is 0.384 e. The van der Waals surface area contributed by atoms with Gasteiger partial charge < -0.3 is 4.74 Å². The van der Waals surface area contributed by atoms with Crippen LogP contribution in [-0.4, -0.2) is 28.5 Å². The van der Waals surface area contributed by atoms with Gasteiger partial charge in [-0.25, -0.2) is 4.39 Å². The van der Waals surface area contributed by atoms with Crippen molar-refractivity contribution in [2.75, 3.05) is 13.7 Å². The molecule has 0 spiro atoms. The average Bonchev–Trinajstić information content (AvgIpc) is 2.82. The molecule has 1 atom stereocenters. The van der Waals surface area contributed by atoms with E-state index in [1.54, 1.807) is 13.2 Å². The Labute approximate surface area is 117 Å². The lowest BCUT2D eigenvalue weighted by Crippen LogP contribution is -2.34. The topological polar surface area (TPSA) is 39.9 Å². The molecule has 3 heterocycles. The van der Waals surface area contributed by atoms with Crippen LogP contribution in [0.5, 0.6) is 0 Å². The third-order valence-electron chi connectivity index (χ3n) is 3.86. The minimum atomic E-state index is -0.328. The summed E-state index contributed by atoms with van der Waals surface area (Å²) in [6, 6.07) is 5.13. The third-order valence-corrected chi connectivity index (χ3v) is 3.86. The van der Waals surface area contributed by atoms with Gasteiger partial charge in [-0.2, -0.15) is 5.10 Å². The van der Waals surface area contributed by atoms with Crippen molar-refractivity contribution in [3.05, 3.63) is 35.9 Å². The second kappa shape index (κ2) is 4.98. The zero-order valence-electron chi connectivity index (χ0n) is 11.8. The van der Waals surface area contributed by atoms with E-state index < -0.39 is 0 Å². The van der Waals surface area contributed by atoms with Crippen molar-refractivity contribution in [1.29, 1.82) is 0 Å². The van der Waals surface area contributed by atoms with Gasteiger partial charge in [-0.3, -0.25) is 9.67 Å². The van der Waals surface area contributed by atoms with E-state index in [1.807, 2.05) is 10.7 Å². The fraction of sp³-hybridized carbons (Fsp3) is 0.467. The van der Waals surface area contributed by atoms with E-state index in [-0.39, 0.29) is 11.2 Å². The number of halogens is 1. The van der Waals surface area contributed by atoms with Crippen LogP contribution >= 0.6 is 0 Å². The standard InChI is InChI=1S/C15H18FN3O/c1-15(10-20-2)6-5-12-7-14(18-19(12)9-15)13-4-3-11(16)8-17-13/h3-4,7-8H,5-6,9-10H2,1-2H3. The molecule has 0 amide bonds. The highest BCUT2D eigenvalue weighted by molar-refractivity contribution is 5.54. The van der Waals surface area contributed by atoms with Crippen LogP contribution in [0.25, 0.3) is 11.4 Å². The number of pyridine rings is 1. The van der Waals surface area contributed by atoms with Gasteiger partial charge in [0.1, 0.15) is 11.5 Å².